The molecule has 4 nitrogen and oxygen atoms in total. The molecule has 0 aliphatic rings. The SMILES string of the molecule is CCCCOC(=O)C(Cl)CCCC(Cl)C(=O)OCCCC. The van der Waals surface area contributed by atoms with Gasteiger partial charge in [0.1, 0.15) is 10.8 Å². The zero-order valence-corrected chi connectivity index (χ0v) is 14.4. The molecule has 0 amide bonds. The lowest BCUT2D eigenvalue weighted by atomic mass is 10.1. The van der Waals surface area contributed by atoms with Crippen LogP contribution in [0.1, 0.15) is 58.8 Å². The number of esters is 2. The van der Waals surface area contributed by atoms with Crippen molar-refractivity contribution in [1.29, 1.82) is 0 Å². The van der Waals surface area contributed by atoms with Crippen molar-refractivity contribution in [2.24, 2.45) is 0 Å². The van der Waals surface area contributed by atoms with Gasteiger partial charge in [-0.1, -0.05) is 26.7 Å². The first-order valence-corrected chi connectivity index (χ1v) is 8.51. The normalized spacial score (nSPS) is 13.5. The first-order chi connectivity index (χ1) is 10.0. The molecule has 0 saturated carbocycles. The van der Waals surface area contributed by atoms with Crippen molar-refractivity contribution < 1.29 is 19.1 Å². The average molecular weight is 341 g/mol. The number of unbranched alkanes of at least 4 members (excludes halogenated alkanes) is 2. The molecule has 0 bridgehead atoms. The van der Waals surface area contributed by atoms with Gasteiger partial charge in [-0.25, -0.2) is 0 Å². The van der Waals surface area contributed by atoms with E-state index < -0.39 is 22.7 Å². The van der Waals surface area contributed by atoms with E-state index in [1.54, 1.807) is 0 Å². The highest BCUT2D eigenvalue weighted by Crippen LogP contribution is 2.15. The molecule has 21 heavy (non-hydrogen) atoms. The number of halogens is 2. The summed E-state index contributed by atoms with van der Waals surface area (Å²) < 4.78 is 10.0. The van der Waals surface area contributed by atoms with Crippen LogP contribution in [0, 0.1) is 0 Å². The highest BCUT2D eigenvalue weighted by atomic mass is 35.5. The molecule has 0 aromatic rings. The van der Waals surface area contributed by atoms with Crippen molar-refractivity contribution in [3.63, 3.8) is 0 Å². The predicted octanol–water partition coefficient (Wildman–Crippen LogP) is 4.06. The molecular weight excluding hydrogens is 315 g/mol. The lowest BCUT2D eigenvalue weighted by Crippen LogP contribution is -2.21. The fourth-order valence-corrected chi connectivity index (χ4v) is 1.96. The lowest BCUT2D eigenvalue weighted by Gasteiger charge is -2.11. The smallest absolute Gasteiger partial charge is 0.324 e. The standard InChI is InChI=1S/C15H26Cl2O4/c1-3-5-10-20-14(18)12(16)8-7-9-13(17)15(19)21-11-6-4-2/h12-13H,3-11H2,1-2H3. The zero-order valence-electron chi connectivity index (χ0n) is 12.9. The summed E-state index contributed by atoms with van der Waals surface area (Å²) in [7, 11) is 0. The fourth-order valence-electron chi connectivity index (χ4n) is 1.53. The van der Waals surface area contributed by atoms with E-state index in [1.165, 1.54) is 0 Å². The van der Waals surface area contributed by atoms with Crippen LogP contribution < -0.4 is 0 Å². The van der Waals surface area contributed by atoms with Crippen LogP contribution in [0.15, 0.2) is 0 Å². The van der Waals surface area contributed by atoms with E-state index in [0.717, 1.165) is 25.7 Å². The van der Waals surface area contributed by atoms with Crippen LogP contribution >= 0.6 is 23.2 Å². The molecule has 124 valence electrons. The summed E-state index contributed by atoms with van der Waals surface area (Å²) in [6.07, 6.45) is 5.07. The monoisotopic (exact) mass is 340 g/mol. The highest BCUT2D eigenvalue weighted by molar-refractivity contribution is 6.30. The second-order valence-electron chi connectivity index (χ2n) is 4.91. The number of alkyl halides is 2. The third-order valence-electron chi connectivity index (χ3n) is 2.91. The summed E-state index contributed by atoms with van der Waals surface area (Å²) in [5.74, 6) is -0.802. The molecule has 0 aromatic heterocycles. The largest absolute Gasteiger partial charge is 0.465 e. The van der Waals surface area contributed by atoms with Gasteiger partial charge in [0.2, 0.25) is 0 Å². The van der Waals surface area contributed by atoms with Crippen LogP contribution in [0.2, 0.25) is 0 Å². The van der Waals surface area contributed by atoms with Gasteiger partial charge in [-0.05, 0) is 32.1 Å². The zero-order chi connectivity index (χ0) is 16.1. The summed E-state index contributed by atoms with van der Waals surface area (Å²) in [6.45, 7) is 4.85. The Bertz CT molecular complexity index is 269. The number of rotatable bonds is 12. The van der Waals surface area contributed by atoms with Crippen molar-refractivity contribution in [3.05, 3.63) is 0 Å². The Kier molecular flexibility index (Phi) is 12.9. The van der Waals surface area contributed by atoms with Crippen molar-refractivity contribution in [3.8, 4) is 0 Å². The van der Waals surface area contributed by atoms with Crippen LogP contribution in [0.5, 0.6) is 0 Å². The van der Waals surface area contributed by atoms with Gasteiger partial charge in [0, 0.05) is 0 Å². The van der Waals surface area contributed by atoms with E-state index in [2.05, 4.69) is 0 Å². The van der Waals surface area contributed by atoms with Gasteiger partial charge in [0.15, 0.2) is 0 Å². The van der Waals surface area contributed by atoms with Gasteiger partial charge < -0.3 is 9.47 Å². The topological polar surface area (TPSA) is 52.6 Å². The molecule has 0 aliphatic heterocycles. The Labute approximate surface area is 137 Å². The van der Waals surface area contributed by atoms with Crippen molar-refractivity contribution in [1.82, 2.24) is 0 Å². The first-order valence-electron chi connectivity index (χ1n) is 7.64. The molecule has 2 atom stereocenters. The summed E-state index contributed by atoms with van der Waals surface area (Å²) in [5, 5.41) is -1.36. The summed E-state index contributed by atoms with van der Waals surface area (Å²) in [4.78, 5) is 23.0. The first kappa shape index (κ1) is 20.5. The van der Waals surface area contributed by atoms with E-state index in [1.807, 2.05) is 13.8 Å². The molecule has 0 aliphatic carbocycles. The van der Waals surface area contributed by atoms with Crippen LogP contribution in [0.3, 0.4) is 0 Å². The number of carbonyl (C=O) groups is 2. The maximum atomic E-state index is 11.5. The van der Waals surface area contributed by atoms with Crippen molar-refractivity contribution in [2.75, 3.05) is 13.2 Å². The molecule has 0 N–H and O–H groups in total. The molecule has 6 heteroatoms. The minimum absolute atomic E-state index is 0.401. The van der Waals surface area contributed by atoms with Crippen LogP contribution in [0.25, 0.3) is 0 Å². The Balaban J connectivity index is 3.75. The van der Waals surface area contributed by atoms with E-state index in [4.69, 9.17) is 32.7 Å². The molecule has 0 radical (unpaired) electrons. The lowest BCUT2D eigenvalue weighted by molar-refractivity contribution is -0.143. The van der Waals surface area contributed by atoms with Crippen LogP contribution in [-0.2, 0) is 19.1 Å². The Morgan fingerprint density at radius 2 is 1.19 bits per heavy atom. The molecule has 0 rings (SSSR count). The molecule has 0 aromatic carbocycles. The highest BCUT2D eigenvalue weighted by Gasteiger charge is 2.20. The summed E-state index contributed by atoms with van der Waals surface area (Å²) in [6, 6.07) is 0. The number of hydrogen-bond acceptors (Lipinski definition) is 4. The third-order valence-corrected chi connectivity index (χ3v) is 3.70. The maximum Gasteiger partial charge on any atom is 0.324 e. The molecule has 0 heterocycles. The van der Waals surface area contributed by atoms with Crippen LogP contribution in [-0.4, -0.2) is 35.9 Å². The van der Waals surface area contributed by atoms with Crippen molar-refractivity contribution >= 4 is 35.1 Å². The quantitative estimate of drug-likeness (QED) is 0.305. The molecule has 2 unspecified atom stereocenters. The maximum absolute atomic E-state index is 11.5. The number of hydrogen-bond donors (Lipinski definition) is 0. The third kappa shape index (κ3) is 10.8. The van der Waals surface area contributed by atoms with E-state index in [0.29, 0.717) is 32.5 Å². The average Bonchev–Trinajstić information content (AvgIpc) is 2.47. The molecule has 0 fully saturated rings. The summed E-state index contributed by atoms with van der Waals surface area (Å²) >= 11 is 11.9. The second kappa shape index (κ2) is 13.2. The van der Waals surface area contributed by atoms with Crippen molar-refractivity contribution in [2.45, 2.75) is 69.5 Å². The van der Waals surface area contributed by atoms with Gasteiger partial charge in [-0.2, -0.15) is 0 Å². The van der Waals surface area contributed by atoms with Gasteiger partial charge in [0.05, 0.1) is 13.2 Å². The summed E-state index contributed by atoms with van der Waals surface area (Å²) in [5.41, 5.74) is 0. The van der Waals surface area contributed by atoms with Gasteiger partial charge >= 0.3 is 11.9 Å². The predicted molar refractivity (Wildman–Crippen MR) is 84.9 cm³/mol. The fraction of sp³-hybridized carbons (Fsp3) is 0.867. The Hall–Kier alpha value is -0.480. The van der Waals surface area contributed by atoms with Gasteiger partial charge in [-0.15, -0.1) is 23.2 Å². The second-order valence-corrected chi connectivity index (χ2v) is 5.96. The Morgan fingerprint density at radius 1 is 0.810 bits per heavy atom. The van der Waals surface area contributed by atoms with Gasteiger partial charge in [-0.3, -0.25) is 9.59 Å². The van der Waals surface area contributed by atoms with E-state index in [9.17, 15) is 9.59 Å². The molecule has 0 spiro atoms. The number of ether oxygens (including phenoxy) is 2. The number of carbonyl (C=O) groups excluding carboxylic acids is 2. The van der Waals surface area contributed by atoms with E-state index in [-0.39, 0.29) is 0 Å². The van der Waals surface area contributed by atoms with Gasteiger partial charge in [0.25, 0.3) is 0 Å². The Morgan fingerprint density at radius 3 is 1.52 bits per heavy atom. The minimum Gasteiger partial charge on any atom is -0.465 e. The molecule has 0 saturated heterocycles. The minimum atomic E-state index is -0.679. The van der Waals surface area contributed by atoms with Crippen LogP contribution in [0.4, 0.5) is 0 Å². The molecular formula is C15H26Cl2O4. The van der Waals surface area contributed by atoms with E-state index >= 15 is 0 Å².